The molecule has 1 N–H and O–H groups in total. The van der Waals surface area contributed by atoms with Crippen LogP contribution in [0.3, 0.4) is 0 Å². The molecule has 0 unspecified atom stereocenters. The maximum Gasteiger partial charge on any atom is 0.245 e. The number of azo groups is 1. The molecule has 3 aliphatic rings. The molecule has 0 aromatic heterocycles. The average molecular weight is 189 g/mol. The van der Waals surface area contributed by atoms with Crippen LogP contribution in [0, 0.1) is 0 Å². The molecule has 70 valence electrons. The van der Waals surface area contributed by atoms with E-state index in [2.05, 4.69) is 25.7 Å². The zero-order chi connectivity index (χ0) is 9.80. The first-order valence-electron chi connectivity index (χ1n) is 4.02. The molecule has 3 rings (SSSR count). The standard InChI is InChI=1S/C5H3N3.C3H4N2O/c1-2-6-5-3-7-8-4(1)5;6-3-1-2-4-5-3/h1-3H;2H,1H2,(H,5,6). The highest BCUT2D eigenvalue weighted by Gasteiger charge is 2.09. The van der Waals surface area contributed by atoms with Crippen molar-refractivity contribution in [3.63, 3.8) is 0 Å². The molecular weight excluding hydrogens is 182 g/mol. The van der Waals surface area contributed by atoms with Gasteiger partial charge in [0.15, 0.2) is 0 Å². The topological polar surface area (TPSA) is 78.5 Å². The van der Waals surface area contributed by atoms with Gasteiger partial charge in [0.25, 0.3) is 0 Å². The number of carbonyl (C=O) groups is 1. The van der Waals surface area contributed by atoms with E-state index in [1.807, 2.05) is 6.08 Å². The van der Waals surface area contributed by atoms with Gasteiger partial charge in [-0.05, 0) is 6.08 Å². The number of hydrazone groups is 1. The zero-order valence-corrected chi connectivity index (χ0v) is 7.21. The summed E-state index contributed by atoms with van der Waals surface area (Å²) in [7, 11) is 0. The first-order chi connectivity index (χ1) is 6.86. The molecule has 0 fully saturated rings. The van der Waals surface area contributed by atoms with Crippen LogP contribution in [0.25, 0.3) is 0 Å². The summed E-state index contributed by atoms with van der Waals surface area (Å²) >= 11 is 0. The lowest BCUT2D eigenvalue weighted by Gasteiger charge is -1.79. The van der Waals surface area contributed by atoms with Crippen molar-refractivity contribution >= 4 is 18.3 Å². The number of rotatable bonds is 0. The number of hydrogen-bond donors (Lipinski definition) is 1. The molecule has 0 bridgehead atoms. The Balaban J connectivity index is 0.000000112. The minimum Gasteiger partial charge on any atom is -0.273 e. The van der Waals surface area contributed by atoms with Gasteiger partial charge in [0.2, 0.25) is 5.91 Å². The van der Waals surface area contributed by atoms with E-state index in [1.165, 1.54) is 0 Å². The smallest absolute Gasteiger partial charge is 0.245 e. The molecule has 14 heavy (non-hydrogen) atoms. The lowest BCUT2D eigenvalue weighted by molar-refractivity contribution is -0.119. The number of allylic oxidation sites excluding steroid dienone is 1. The summed E-state index contributed by atoms with van der Waals surface area (Å²) in [6, 6.07) is 0. The molecule has 0 saturated heterocycles. The quantitative estimate of drug-likeness (QED) is 0.599. The summed E-state index contributed by atoms with van der Waals surface area (Å²) in [5.41, 5.74) is 4.01. The number of nitrogens with one attached hydrogen (secondary N) is 1. The Morgan fingerprint density at radius 1 is 1.36 bits per heavy atom. The van der Waals surface area contributed by atoms with E-state index in [4.69, 9.17) is 0 Å². The third-order valence-electron chi connectivity index (χ3n) is 1.61. The first kappa shape index (κ1) is 8.49. The number of amides is 1. The average Bonchev–Trinajstić information content (AvgIpc) is 2.77. The van der Waals surface area contributed by atoms with E-state index in [-0.39, 0.29) is 5.91 Å². The highest BCUT2D eigenvalue weighted by Crippen LogP contribution is 2.22. The lowest BCUT2D eigenvalue weighted by atomic mass is 10.4. The van der Waals surface area contributed by atoms with Crippen LogP contribution in [-0.4, -0.2) is 18.3 Å². The predicted octanol–water partition coefficient (Wildman–Crippen LogP) is 0.754. The third kappa shape index (κ3) is 1.79. The monoisotopic (exact) mass is 189 g/mol. The summed E-state index contributed by atoms with van der Waals surface area (Å²) < 4.78 is 0. The summed E-state index contributed by atoms with van der Waals surface area (Å²) in [5, 5.41) is 10.9. The maximum atomic E-state index is 10.0. The zero-order valence-electron chi connectivity index (χ0n) is 7.21. The Morgan fingerprint density at radius 2 is 2.29 bits per heavy atom. The van der Waals surface area contributed by atoms with E-state index in [0.29, 0.717) is 6.42 Å². The normalized spacial score (nSPS) is 19.9. The second kappa shape index (κ2) is 3.73. The van der Waals surface area contributed by atoms with Crippen molar-refractivity contribution < 1.29 is 4.79 Å². The molecule has 0 aliphatic carbocycles. The van der Waals surface area contributed by atoms with Crippen LogP contribution in [0.4, 0.5) is 0 Å². The van der Waals surface area contributed by atoms with Gasteiger partial charge in [-0.15, -0.1) is 5.11 Å². The summed E-state index contributed by atoms with van der Waals surface area (Å²) in [6.07, 6.45) is 7.19. The van der Waals surface area contributed by atoms with E-state index in [0.717, 1.165) is 11.4 Å². The first-order valence-corrected chi connectivity index (χ1v) is 4.02. The molecule has 0 aromatic carbocycles. The number of fused-ring (bicyclic) bond motifs is 1. The van der Waals surface area contributed by atoms with Crippen molar-refractivity contribution in [2.75, 3.05) is 0 Å². The fourth-order valence-electron chi connectivity index (χ4n) is 0.961. The molecule has 1 amide bonds. The van der Waals surface area contributed by atoms with E-state index >= 15 is 0 Å². The molecular formula is C8H7N5O. The fourth-order valence-corrected chi connectivity index (χ4v) is 0.961. The SMILES string of the molecule is C1=NC2=CN=NC2=C1.O=C1CC=NN1. The van der Waals surface area contributed by atoms with Crippen molar-refractivity contribution in [2.45, 2.75) is 6.42 Å². The Bertz CT molecular complexity index is 366. The fraction of sp³-hybridized carbons (Fsp3) is 0.125. The van der Waals surface area contributed by atoms with E-state index in [1.54, 1.807) is 18.6 Å². The summed E-state index contributed by atoms with van der Waals surface area (Å²) in [4.78, 5) is 14.0. The van der Waals surface area contributed by atoms with Crippen LogP contribution in [-0.2, 0) is 4.79 Å². The molecule has 6 nitrogen and oxygen atoms in total. The molecule has 3 heterocycles. The van der Waals surface area contributed by atoms with Crippen molar-refractivity contribution in [3.8, 4) is 0 Å². The molecule has 3 aliphatic heterocycles. The van der Waals surface area contributed by atoms with Crippen molar-refractivity contribution in [2.24, 2.45) is 20.3 Å². The van der Waals surface area contributed by atoms with Gasteiger partial charge in [-0.25, -0.2) is 5.43 Å². The Labute approximate surface area is 79.8 Å². The van der Waals surface area contributed by atoms with E-state index in [9.17, 15) is 4.79 Å². The number of nitrogens with zero attached hydrogens (tertiary/aromatic N) is 4. The summed E-state index contributed by atoms with van der Waals surface area (Å²) in [6.45, 7) is 0. The predicted molar refractivity (Wildman–Crippen MR) is 50.8 cm³/mol. The Hall–Kier alpha value is -2.11. The molecule has 6 heteroatoms. The molecule has 0 aromatic rings. The lowest BCUT2D eigenvalue weighted by Crippen LogP contribution is -2.08. The van der Waals surface area contributed by atoms with Crippen LogP contribution in [0.5, 0.6) is 0 Å². The second-order valence-electron chi connectivity index (χ2n) is 2.61. The second-order valence-corrected chi connectivity index (χ2v) is 2.61. The highest BCUT2D eigenvalue weighted by atomic mass is 16.2. The molecule has 0 atom stereocenters. The van der Waals surface area contributed by atoms with Gasteiger partial charge in [0.05, 0.1) is 12.6 Å². The van der Waals surface area contributed by atoms with Crippen molar-refractivity contribution in [1.29, 1.82) is 0 Å². The van der Waals surface area contributed by atoms with Gasteiger partial charge in [-0.2, -0.15) is 10.2 Å². The largest absolute Gasteiger partial charge is 0.273 e. The minimum atomic E-state index is -0.0185. The van der Waals surface area contributed by atoms with Gasteiger partial charge in [0.1, 0.15) is 11.4 Å². The summed E-state index contributed by atoms with van der Waals surface area (Å²) in [5.74, 6) is -0.0185. The maximum absolute atomic E-state index is 10.0. The van der Waals surface area contributed by atoms with Gasteiger partial charge in [-0.3, -0.25) is 9.79 Å². The Kier molecular flexibility index (Phi) is 2.26. The van der Waals surface area contributed by atoms with Crippen molar-refractivity contribution in [3.05, 3.63) is 23.7 Å². The number of aliphatic imine (C=N–C) groups is 1. The van der Waals surface area contributed by atoms with E-state index < -0.39 is 0 Å². The molecule has 0 saturated carbocycles. The molecule has 0 spiro atoms. The number of hydrogen-bond acceptors (Lipinski definition) is 5. The van der Waals surface area contributed by atoms with Crippen LogP contribution in [0.2, 0.25) is 0 Å². The van der Waals surface area contributed by atoms with Crippen LogP contribution in [0.15, 0.2) is 44.0 Å². The Morgan fingerprint density at radius 3 is 2.86 bits per heavy atom. The van der Waals surface area contributed by atoms with Crippen LogP contribution >= 0.6 is 0 Å². The third-order valence-corrected chi connectivity index (χ3v) is 1.61. The van der Waals surface area contributed by atoms with Gasteiger partial charge in [-0.1, -0.05) is 0 Å². The van der Waals surface area contributed by atoms with Gasteiger partial charge < -0.3 is 0 Å². The number of carbonyl (C=O) groups excluding carboxylic acids is 1. The van der Waals surface area contributed by atoms with Crippen LogP contribution in [0.1, 0.15) is 6.42 Å². The van der Waals surface area contributed by atoms with Crippen LogP contribution < -0.4 is 5.43 Å². The highest BCUT2D eigenvalue weighted by molar-refractivity contribution is 5.93. The van der Waals surface area contributed by atoms with Crippen molar-refractivity contribution in [1.82, 2.24) is 5.43 Å². The van der Waals surface area contributed by atoms with Gasteiger partial charge in [0, 0.05) is 12.4 Å². The molecule has 0 radical (unpaired) electrons. The van der Waals surface area contributed by atoms with Gasteiger partial charge >= 0.3 is 0 Å². The minimum absolute atomic E-state index is 0.0185.